The number of aromatic nitrogens is 2. The summed E-state index contributed by atoms with van der Waals surface area (Å²) in [5, 5.41) is 7.85. The molecule has 1 amide bonds. The van der Waals surface area contributed by atoms with Crippen LogP contribution in [0.3, 0.4) is 0 Å². The van der Waals surface area contributed by atoms with Gasteiger partial charge >= 0.3 is 0 Å². The summed E-state index contributed by atoms with van der Waals surface area (Å²) in [5.74, 6) is -2.51. The molecule has 0 spiro atoms. The third-order valence-electron chi connectivity index (χ3n) is 6.49. The average Bonchev–Trinajstić information content (AvgIpc) is 3.58. The zero-order valence-electron chi connectivity index (χ0n) is 21.0. The first-order valence-electron chi connectivity index (χ1n) is 12.1. The number of pyridine rings is 1. The minimum absolute atomic E-state index is 0.0312. The molecule has 0 bridgehead atoms. The second-order valence-corrected chi connectivity index (χ2v) is 9.04. The molecule has 1 unspecified atom stereocenters. The van der Waals surface area contributed by atoms with E-state index in [0.29, 0.717) is 36.4 Å². The lowest BCUT2D eigenvalue weighted by Crippen LogP contribution is -2.36. The summed E-state index contributed by atoms with van der Waals surface area (Å²) in [6.45, 7) is 1.68. The van der Waals surface area contributed by atoms with Gasteiger partial charge in [-0.15, -0.1) is 0 Å². The number of likely N-dealkylation sites (tertiary alicyclic amines) is 2. The molecule has 0 saturated carbocycles. The summed E-state index contributed by atoms with van der Waals surface area (Å²) in [6.07, 6.45) is 6.64. The molecule has 198 valence electrons. The van der Waals surface area contributed by atoms with Gasteiger partial charge < -0.3 is 24.3 Å². The fourth-order valence-corrected chi connectivity index (χ4v) is 4.40. The molecule has 2 aliphatic heterocycles. The summed E-state index contributed by atoms with van der Waals surface area (Å²) >= 11 is 0. The number of aliphatic hydroxyl groups is 1. The van der Waals surface area contributed by atoms with Crippen molar-refractivity contribution in [2.75, 3.05) is 33.8 Å². The van der Waals surface area contributed by atoms with E-state index in [2.05, 4.69) is 4.98 Å². The third-order valence-corrected chi connectivity index (χ3v) is 6.49. The van der Waals surface area contributed by atoms with Gasteiger partial charge in [0, 0.05) is 74.2 Å². The number of carbonyl (C=O) groups is 3. The fraction of sp³-hybridized carbons (Fsp3) is 0.407. The van der Waals surface area contributed by atoms with E-state index >= 15 is 0 Å². The van der Waals surface area contributed by atoms with Crippen LogP contribution in [0, 0.1) is 0 Å². The average molecular weight is 515 g/mol. The lowest BCUT2D eigenvalue weighted by Gasteiger charge is -2.28. The molecule has 2 aromatic heterocycles. The van der Waals surface area contributed by atoms with Crippen LogP contribution in [0.15, 0.2) is 48.8 Å². The number of benzene rings is 1. The largest absolute Gasteiger partial charge is 0.400 e. The SMILES string of the molecule is CN1CCC(F)(F)CC1.CO.O=Cc1cnc2c(ccn2-c2cccc(C(=O)N3CCCC3C=O)c2)c1. The number of halogens is 2. The zero-order valence-corrected chi connectivity index (χ0v) is 21.0. The number of hydrogen-bond acceptors (Lipinski definition) is 6. The van der Waals surface area contributed by atoms with Crippen LogP contribution in [-0.4, -0.2) is 88.7 Å². The molecule has 2 aliphatic rings. The van der Waals surface area contributed by atoms with E-state index in [9.17, 15) is 23.2 Å². The van der Waals surface area contributed by atoms with Crippen LogP contribution >= 0.6 is 0 Å². The fourth-order valence-electron chi connectivity index (χ4n) is 4.40. The van der Waals surface area contributed by atoms with Crippen LogP contribution in [0.2, 0.25) is 0 Å². The first kappa shape index (κ1) is 28.1. The number of amides is 1. The third kappa shape index (κ3) is 6.84. The van der Waals surface area contributed by atoms with E-state index in [-0.39, 0.29) is 24.8 Å². The highest BCUT2D eigenvalue weighted by atomic mass is 19.3. The van der Waals surface area contributed by atoms with Crippen molar-refractivity contribution in [2.24, 2.45) is 0 Å². The molecule has 0 radical (unpaired) electrons. The maximum atomic E-state index is 12.8. The number of hydrogen-bond donors (Lipinski definition) is 1. The van der Waals surface area contributed by atoms with E-state index in [4.69, 9.17) is 5.11 Å². The number of aldehydes is 2. The molecule has 4 heterocycles. The number of alkyl halides is 2. The minimum atomic E-state index is -2.38. The van der Waals surface area contributed by atoms with Crippen molar-refractivity contribution in [2.45, 2.75) is 37.6 Å². The Hall–Kier alpha value is -3.50. The Morgan fingerprint density at radius 3 is 2.49 bits per heavy atom. The van der Waals surface area contributed by atoms with Gasteiger partial charge in [-0.2, -0.15) is 0 Å². The van der Waals surface area contributed by atoms with Crippen molar-refractivity contribution < 1.29 is 28.3 Å². The van der Waals surface area contributed by atoms with E-state index in [1.165, 1.54) is 6.20 Å². The maximum Gasteiger partial charge on any atom is 0.254 e. The predicted molar refractivity (Wildman–Crippen MR) is 136 cm³/mol. The topological polar surface area (TPSA) is 95.7 Å². The number of fused-ring (bicyclic) bond motifs is 1. The van der Waals surface area contributed by atoms with Gasteiger partial charge in [0.25, 0.3) is 11.8 Å². The number of rotatable bonds is 4. The van der Waals surface area contributed by atoms with Crippen molar-refractivity contribution in [1.82, 2.24) is 19.4 Å². The number of carbonyl (C=O) groups excluding carboxylic acids is 3. The van der Waals surface area contributed by atoms with Crippen LogP contribution in [0.1, 0.15) is 46.4 Å². The number of piperidine rings is 1. The standard InChI is InChI=1S/C20H17N3O3.C6H11F2N.CH4O/c24-12-14-9-15-6-8-22(19(15)21-11-14)17-4-1-3-16(10-17)20(26)23-7-2-5-18(23)13-25;1-9-4-2-6(7,8)3-5-9;1-2/h1,3-4,6,8-13,18H,2,5,7H2;2-5H2,1H3;2H,1H3. The molecule has 10 heteroatoms. The number of nitrogens with zero attached hydrogens (tertiary/aromatic N) is 4. The smallest absolute Gasteiger partial charge is 0.254 e. The second kappa shape index (κ2) is 12.6. The molecule has 8 nitrogen and oxygen atoms in total. The quantitative estimate of drug-likeness (QED) is 0.535. The lowest BCUT2D eigenvalue weighted by molar-refractivity contribution is -0.111. The molecule has 2 saturated heterocycles. The zero-order chi connectivity index (χ0) is 27.0. The van der Waals surface area contributed by atoms with Crippen LogP contribution in [0.5, 0.6) is 0 Å². The first-order chi connectivity index (χ1) is 17.8. The van der Waals surface area contributed by atoms with Gasteiger partial charge in [-0.05, 0) is 50.2 Å². The second-order valence-electron chi connectivity index (χ2n) is 9.04. The normalized spacial score (nSPS) is 18.8. The molecule has 0 aliphatic carbocycles. The van der Waals surface area contributed by atoms with E-state index in [1.54, 1.807) is 23.1 Å². The summed E-state index contributed by atoms with van der Waals surface area (Å²) in [6, 6.07) is 10.6. The Bertz CT molecular complexity index is 1220. The maximum absolute atomic E-state index is 12.8. The molecule has 1 aromatic carbocycles. The minimum Gasteiger partial charge on any atom is -0.400 e. The van der Waals surface area contributed by atoms with Gasteiger partial charge in [0.2, 0.25) is 0 Å². The molecule has 2 fully saturated rings. The molecule has 37 heavy (non-hydrogen) atoms. The van der Waals surface area contributed by atoms with Crippen molar-refractivity contribution in [3.63, 3.8) is 0 Å². The van der Waals surface area contributed by atoms with E-state index in [1.807, 2.05) is 40.9 Å². The van der Waals surface area contributed by atoms with Crippen molar-refractivity contribution in [1.29, 1.82) is 0 Å². The van der Waals surface area contributed by atoms with Crippen molar-refractivity contribution in [3.05, 3.63) is 59.9 Å². The lowest BCUT2D eigenvalue weighted by atomic mass is 10.1. The Labute approximate surface area is 214 Å². The highest BCUT2D eigenvalue weighted by molar-refractivity contribution is 5.96. The summed E-state index contributed by atoms with van der Waals surface area (Å²) in [4.78, 5) is 42.8. The predicted octanol–water partition coefficient (Wildman–Crippen LogP) is 3.60. The Balaban J connectivity index is 0.000000291. The van der Waals surface area contributed by atoms with Gasteiger partial charge in [-0.25, -0.2) is 13.8 Å². The van der Waals surface area contributed by atoms with Gasteiger partial charge in [-0.3, -0.25) is 9.59 Å². The monoisotopic (exact) mass is 514 g/mol. The van der Waals surface area contributed by atoms with Gasteiger partial charge in [0.05, 0.1) is 6.04 Å². The molecular weight excluding hydrogens is 482 g/mol. The molecule has 1 atom stereocenters. The summed E-state index contributed by atoms with van der Waals surface area (Å²) < 4.78 is 26.6. The van der Waals surface area contributed by atoms with Gasteiger partial charge in [0.1, 0.15) is 11.9 Å². The van der Waals surface area contributed by atoms with E-state index < -0.39 is 5.92 Å². The Morgan fingerprint density at radius 2 is 1.84 bits per heavy atom. The molecule has 5 rings (SSSR count). The van der Waals surface area contributed by atoms with Crippen molar-refractivity contribution >= 4 is 29.5 Å². The van der Waals surface area contributed by atoms with Crippen molar-refractivity contribution in [3.8, 4) is 5.69 Å². The molecule has 3 aromatic rings. The van der Waals surface area contributed by atoms with Crippen LogP contribution < -0.4 is 0 Å². The van der Waals surface area contributed by atoms with Crippen LogP contribution in [-0.2, 0) is 4.79 Å². The summed E-state index contributed by atoms with van der Waals surface area (Å²) in [5.41, 5.74) is 2.59. The first-order valence-corrected chi connectivity index (χ1v) is 12.1. The summed E-state index contributed by atoms with van der Waals surface area (Å²) in [7, 11) is 2.87. The van der Waals surface area contributed by atoms with E-state index in [0.717, 1.165) is 43.6 Å². The molecule has 1 N–H and O–H groups in total. The highest BCUT2D eigenvalue weighted by Crippen LogP contribution is 2.26. The Kier molecular flexibility index (Phi) is 9.60. The highest BCUT2D eigenvalue weighted by Gasteiger charge is 2.32. The van der Waals surface area contributed by atoms with Crippen LogP contribution in [0.25, 0.3) is 16.7 Å². The number of aliphatic hydroxyl groups excluding tert-OH is 1. The van der Waals surface area contributed by atoms with Gasteiger partial charge in [0.15, 0.2) is 6.29 Å². The Morgan fingerprint density at radius 1 is 1.11 bits per heavy atom. The van der Waals surface area contributed by atoms with Gasteiger partial charge in [-0.1, -0.05) is 6.07 Å². The van der Waals surface area contributed by atoms with Crippen LogP contribution in [0.4, 0.5) is 8.78 Å². The molecular formula is C27H32F2N4O4.